The van der Waals surface area contributed by atoms with Crippen LogP contribution in [0.4, 0.5) is 8.78 Å². The van der Waals surface area contributed by atoms with Crippen LogP contribution in [0.1, 0.15) is 30.8 Å². The van der Waals surface area contributed by atoms with Crippen molar-refractivity contribution in [2.45, 2.75) is 26.3 Å². The number of aromatic amines is 1. The summed E-state index contributed by atoms with van der Waals surface area (Å²) < 4.78 is 27.2. The molecule has 1 aromatic carbocycles. The minimum atomic E-state index is -1.14. The van der Waals surface area contributed by atoms with Crippen LogP contribution in [0.5, 0.6) is 0 Å². The Bertz CT molecular complexity index is 700. The molecule has 1 amide bonds. The second-order valence-electron chi connectivity index (χ2n) is 5.67. The zero-order chi connectivity index (χ0) is 16.4. The van der Waals surface area contributed by atoms with Crippen LogP contribution in [0.25, 0.3) is 10.9 Å². The van der Waals surface area contributed by atoms with Gasteiger partial charge in [0.05, 0.1) is 10.5 Å². The van der Waals surface area contributed by atoms with Crippen LogP contribution in [0.15, 0.2) is 12.1 Å². The first kappa shape index (κ1) is 16.7. The summed E-state index contributed by atoms with van der Waals surface area (Å²) in [6, 6.07) is 2.53. The molecule has 0 aliphatic heterocycles. The molecule has 0 aliphatic carbocycles. The van der Waals surface area contributed by atoms with Crippen molar-refractivity contribution in [3.8, 4) is 0 Å². The van der Waals surface area contributed by atoms with Crippen LogP contribution in [-0.2, 0) is 0 Å². The van der Waals surface area contributed by atoms with Crippen molar-refractivity contribution in [2.24, 2.45) is 11.7 Å². The molecule has 22 heavy (non-hydrogen) atoms. The number of carbonyl (C=O) groups is 1. The number of nitrogens with two attached hydrogens (primary N) is 1. The summed E-state index contributed by atoms with van der Waals surface area (Å²) in [5.41, 5.74) is 5.69. The maximum atomic E-state index is 13.8. The molecule has 120 valence electrons. The molecule has 4 nitrogen and oxygen atoms in total. The molecule has 7 heteroatoms. The van der Waals surface area contributed by atoms with Gasteiger partial charge in [-0.15, -0.1) is 0 Å². The third-order valence-electron chi connectivity index (χ3n) is 3.37. The maximum Gasteiger partial charge on any atom is 0.267 e. The van der Waals surface area contributed by atoms with Crippen molar-refractivity contribution in [2.75, 3.05) is 6.54 Å². The average molecular weight is 330 g/mol. The van der Waals surface area contributed by atoms with Gasteiger partial charge in [-0.25, -0.2) is 8.78 Å². The summed E-state index contributed by atoms with van der Waals surface area (Å²) in [7, 11) is 0. The molecule has 2 aromatic rings. The molecule has 0 bridgehead atoms. The number of amides is 1. The van der Waals surface area contributed by atoms with Gasteiger partial charge in [0.15, 0.2) is 11.6 Å². The van der Waals surface area contributed by atoms with Gasteiger partial charge in [-0.1, -0.05) is 25.4 Å². The number of hydrogen-bond acceptors (Lipinski definition) is 2. The van der Waals surface area contributed by atoms with Gasteiger partial charge in [-0.2, -0.15) is 0 Å². The highest BCUT2D eigenvalue weighted by Gasteiger charge is 2.19. The lowest BCUT2D eigenvalue weighted by Gasteiger charge is -2.18. The number of H-pyrrole nitrogens is 1. The summed E-state index contributed by atoms with van der Waals surface area (Å²) in [6.07, 6.45) is 0.733. The Kier molecular flexibility index (Phi) is 5.03. The second kappa shape index (κ2) is 6.62. The minimum absolute atomic E-state index is 0.0831. The minimum Gasteiger partial charge on any atom is -0.348 e. The summed E-state index contributed by atoms with van der Waals surface area (Å²) in [6.45, 7) is 4.36. The molecule has 0 fully saturated rings. The van der Waals surface area contributed by atoms with E-state index in [4.69, 9.17) is 17.3 Å². The van der Waals surface area contributed by atoms with E-state index in [9.17, 15) is 13.6 Å². The van der Waals surface area contributed by atoms with Gasteiger partial charge < -0.3 is 16.0 Å². The Labute approximate surface area is 132 Å². The Hall–Kier alpha value is -1.66. The number of nitrogens with one attached hydrogen (secondary N) is 2. The molecule has 1 aromatic heterocycles. The average Bonchev–Trinajstić information content (AvgIpc) is 2.87. The van der Waals surface area contributed by atoms with Crippen molar-refractivity contribution in [3.63, 3.8) is 0 Å². The zero-order valence-electron chi connectivity index (χ0n) is 12.3. The number of fused-ring (bicyclic) bond motifs is 1. The van der Waals surface area contributed by atoms with Crippen molar-refractivity contribution in [1.82, 2.24) is 10.3 Å². The summed E-state index contributed by atoms with van der Waals surface area (Å²) >= 11 is 5.60. The first-order valence-electron chi connectivity index (χ1n) is 7.00. The molecule has 2 rings (SSSR count). The molecular formula is C15H18ClF2N3O. The Morgan fingerprint density at radius 1 is 1.36 bits per heavy atom. The van der Waals surface area contributed by atoms with Gasteiger partial charge in [-0.3, -0.25) is 4.79 Å². The van der Waals surface area contributed by atoms with Crippen LogP contribution >= 0.6 is 11.6 Å². The van der Waals surface area contributed by atoms with Crippen LogP contribution in [0.2, 0.25) is 5.02 Å². The van der Waals surface area contributed by atoms with Crippen molar-refractivity contribution in [1.29, 1.82) is 0 Å². The van der Waals surface area contributed by atoms with E-state index in [1.165, 1.54) is 12.1 Å². The lowest BCUT2D eigenvalue weighted by Crippen LogP contribution is -2.41. The normalized spacial score (nSPS) is 12.9. The van der Waals surface area contributed by atoms with Crippen LogP contribution < -0.4 is 11.1 Å². The zero-order valence-corrected chi connectivity index (χ0v) is 13.1. The first-order chi connectivity index (χ1) is 10.3. The first-order valence-corrected chi connectivity index (χ1v) is 7.38. The molecular weight excluding hydrogens is 312 g/mol. The van der Waals surface area contributed by atoms with Gasteiger partial charge in [0.2, 0.25) is 0 Å². The van der Waals surface area contributed by atoms with Crippen molar-refractivity contribution < 1.29 is 13.6 Å². The third-order valence-corrected chi connectivity index (χ3v) is 3.65. The number of hydrogen-bond donors (Lipinski definition) is 3. The lowest BCUT2D eigenvalue weighted by molar-refractivity contribution is 0.0929. The fourth-order valence-corrected chi connectivity index (χ4v) is 2.55. The molecule has 1 atom stereocenters. The highest BCUT2D eigenvalue weighted by atomic mass is 35.5. The van der Waals surface area contributed by atoms with E-state index in [-0.39, 0.29) is 22.3 Å². The molecule has 0 unspecified atom stereocenters. The van der Waals surface area contributed by atoms with E-state index in [2.05, 4.69) is 10.3 Å². The predicted octanol–water partition coefficient (Wildman–Crippen LogP) is 3.20. The highest BCUT2D eigenvalue weighted by Crippen LogP contribution is 2.27. The molecule has 0 spiro atoms. The largest absolute Gasteiger partial charge is 0.348 e. The van der Waals surface area contributed by atoms with Crippen LogP contribution in [0, 0.1) is 17.6 Å². The smallest absolute Gasteiger partial charge is 0.267 e. The summed E-state index contributed by atoms with van der Waals surface area (Å²) in [5, 5.41) is 2.79. The third kappa shape index (κ3) is 3.39. The quantitative estimate of drug-likeness (QED) is 0.737. The van der Waals surface area contributed by atoms with Crippen molar-refractivity contribution in [3.05, 3.63) is 34.5 Å². The van der Waals surface area contributed by atoms with Gasteiger partial charge >= 0.3 is 0 Å². The Morgan fingerprint density at radius 3 is 2.64 bits per heavy atom. The van der Waals surface area contributed by atoms with E-state index in [0.29, 0.717) is 17.8 Å². The predicted molar refractivity (Wildman–Crippen MR) is 83.0 cm³/mol. The van der Waals surface area contributed by atoms with Crippen LogP contribution in [0.3, 0.4) is 0 Å². The van der Waals surface area contributed by atoms with Gasteiger partial charge in [0.1, 0.15) is 5.69 Å². The standard InChI is InChI=1S/C15H18ClF2N3O/c1-7(2)3-9(6-19)20-15(22)11-5-8-4-10(16)12(17)13(18)14(8)21-11/h4-5,7,9,21H,3,6,19H2,1-2H3,(H,20,22)/t9-/m0/s1. The number of benzene rings is 1. The van der Waals surface area contributed by atoms with E-state index >= 15 is 0 Å². The van der Waals surface area contributed by atoms with Crippen LogP contribution in [-0.4, -0.2) is 23.5 Å². The van der Waals surface area contributed by atoms with E-state index in [1.807, 2.05) is 13.8 Å². The number of aromatic nitrogens is 1. The lowest BCUT2D eigenvalue weighted by atomic mass is 10.0. The molecule has 4 N–H and O–H groups in total. The second-order valence-corrected chi connectivity index (χ2v) is 6.08. The molecule has 1 heterocycles. The summed E-state index contributed by atoms with van der Waals surface area (Å²) in [4.78, 5) is 14.8. The van der Waals surface area contributed by atoms with E-state index < -0.39 is 17.5 Å². The van der Waals surface area contributed by atoms with Crippen molar-refractivity contribution >= 4 is 28.4 Å². The highest BCUT2D eigenvalue weighted by molar-refractivity contribution is 6.31. The topological polar surface area (TPSA) is 70.9 Å². The number of halogens is 3. The van der Waals surface area contributed by atoms with E-state index in [0.717, 1.165) is 6.42 Å². The van der Waals surface area contributed by atoms with E-state index in [1.54, 1.807) is 0 Å². The molecule has 0 saturated heterocycles. The number of rotatable bonds is 5. The fourth-order valence-electron chi connectivity index (χ4n) is 2.35. The molecule has 0 saturated carbocycles. The SMILES string of the molecule is CC(C)C[C@@H](CN)NC(=O)c1cc2cc(Cl)c(F)c(F)c2[nH]1. The Balaban J connectivity index is 2.27. The monoisotopic (exact) mass is 329 g/mol. The summed E-state index contributed by atoms with van der Waals surface area (Å²) in [5.74, 6) is -2.27. The maximum absolute atomic E-state index is 13.8. The van der Waals surface area contributed by atoms with Gasteiger partial charge in [0, 0.05) is 18.0 Å². The fraction of sp³-hybridized carbons (Fsp3) is 0.400. The van der Waals surface area contributed by atoms with Gasteiger partial charge in [-0.05, 0) is 24.5 Å². The number of carbonyl (C=O) groups excluding carboxylic acids is 1. The van der Waals surface area contributed by atoms with Gasteiger partial charge in [0.25, 0.3) is 5.91 Å². The molecule has 0 aliphatic rings. The Morgan fingerprint density at radius 2 is 2.05 bits per heavy atom. The molecule has 0 radical (unpaired) electrons.